The Labute approximate surface area is 211 Å². The molecule has 1 N–H and O–H groups in total. The van der Waals surface area contributed by atoms with Crippen molar-refractivity contribution in [1.29, 1.82) is 0 Å². The van der Waals surface area contributed by atoms with E-state index >= 15 is 0 Å². The maximum Gasteiger partial charge on any atom is 0.239 e. The molecule has 1 fully saturated rings. The Hall–Kier alpha value is -2.80. The predicted octanol–water partition coefficient (Wildman–Crippen LogP) is 4.92. The molecule has 0 radical (unpaired) electrons. The lowest BCUT2D eigenvalue weighted by atomic mass is 9.91. The van der Waals surface area contributed by atoms with Crippen LogP contribution >= 0.6 is 11.3 Å². The molecule has 0 bridgehead atoms. The normalized spacial score (nSPS) is 16.6. The van der Waals surface area contributed by atoms with Gasteiger partial charge in [-0.25, -0.2) is 0 Å². The van der Waals surface area contributed by atoms with Crippen LogP contribution in [0.4, 0.5) is 5.00 Å². The first-order valence-corrected chi connectivity index (χ1v) is 13.4. The van der Waals surface area contributed by atoms with E-state index in [1.807, 2.05) is 37.3 Å². The highest BCUT2D eigenvalue weighted by molar-refractivity contribution is 7.17. The lowest BCUT2D eigenvalue weighted by Crippen LogP contribution is -2.48. The molecule has 0 saturated carbocycles. The third kappa shape index (κ3) is 5.72. The Balaban J connectivity index is 1.24. The minimum absolute atomic E-state index is 0.0224. The molecule has 0 spiro atoms. The molecule has 182 valence electrons. The van der Waals surface area contributed by atoms with Gasteiger partial charge in [-0.15, -0.1) is 11.3 Å². The summed E-state index contributed by atoms with van der Waals surface area (Å²) in [6, 6.07) is 18.3. The molecule has 1 saturated heterocycles. The van der Waals surface area contributed by atoms with Crippen LogP contribution in [-0.2, 0) is 24.2 Å². The molecule has 2 aromatic carbocycles. The first-order chi connectivity index (χ1) is 17.1. The molecular formula is C29H33N3O2S. The Morgan fingerprint density at radius 1 is 0.886 bits per heavy atom. The van der Waals surface area contributed by atoms with Crippen LogP contribution in [0, 0.1) is 6.92 Å². The average Bonchev–Trinajstić information content (AvgIpc) is 3.23. The number of anilines is 1. The van der Waals surface area contributed by atoms with E-state index < -0.39 is 0 Å². The molecule has 35 heavy (non-hydrogen) atoms. The molecule has 2 heterocycles. The number of carbonyl (C=O) groups is 2. The minimum atomic E-state index is -0.0296. The van der Waals surface area contributed by atoms with E-state index in [1.54, 1.807) is 11.3 Å². The van der Waals surface area contributed by atoms with Gasteiger partial charge in [-0.2, -0.15) is 0 Å². The minimum Gasteiger partial charge on any atom is -0.316 e. The van der Waals surface area contributed by atoms with Gasteiger partial charge in [-0.3, -0.25) is 19.4 Å². The van der Waals surface area contributed by atoms with Crippen molar-refractivity contribution in [3.63, 3.8) is 0 Å². The van der Waals surface area contributed by atoms with Crippen LogP contribution in [0.15, 0.2) is 54.6 Å². The van der Waals surface area contributed by atoms with Gasteiger partial charge in [0.05, 0.1) is 12.1 Å². The van der Waals surface area contributed by atoms with Crippen molar-refractivity contribution in [2.75, 3.05) is 38.0 Å². The number of hydrogen-bond donors (Lipinski definition) is 1. The molecule has 0 unspecified atom stereocenters. The SMILES string of the molecule is Cc1ccc(C(=O)c2c(NC(=O)CN3CCN(Cc4ccccc4)CC3)sc3c2CCCC3)cc1. The molecule has 2 aliphatic rings. The Kier molecular flexibility index (Phi) is 7.42. The standard InChI is InChI=1S/C29H33N3O2S/c1-21-11-13-23(14-12-21)28(34)27-24-9-5-6-10-25(24)35-29(27)30-26(33)20-32-17-15-31(16-18-32)19-22-7-3-2-4-8-22/h2-4,7-8,11-14H,5-6,9-10,15-20H2,1H3,(H,30,33). The van der Waals surface area contributed by atoms with Crippen LogP contribution in [0.1, 0.15) is 50.3 Å². The highest BCUT2D eigenvalue weighted by Gasteiger charge is 2.28. The number of amides is 1. The number of nitrogens with one attached hydrogen (secondary N) is 1. The molecule has 6 heteroatoms. The van der Waals surface area contributed by atoms with E-state index in [0.29, 0.717) is 12.1 Å². The quantitative estimate of drug-likeness (QED) is 0.481. The van der Waals surface area contributed by atoms with E-state index in [4.69, 9.17) is 0 Å². The summed E-state index contributed by atoms with van der Waals surface area (Å²) in [6.07, 6.45) is 4.15. The summed E-state index contributed by atoms with van der Waals surface area (Å²) in [5, 5.41) is 3.86. The predicted molar refractivity (Wildman–Crippen MR) is 142 cm³/mol. The van der Waals surface area contributed by atoms with E-state index in [9.17, 15) is 9.59 Å². The second-order valence-corrected chi connectivity index (χ2v) is 10.8. The molecule has 1 amide bonds. The van der Waals surface area contributed by atoms with Crippen LogP contribution in [0.25, 0.3) is 0 Å². The highest BCUT2D eigenvalue weighted by Crippen LogP contribution is 2.39. The highest BCUT2D eigenvalue weighted by atomic mass is 32.1. The van der Waals surface area contributed by atoms with Crippen molar-refractivity contribution in [2.45, 2.75) is 39.2 Å². The van der Waals surface area contributed by atoms with Gasteiger partial charge in [0, 0.05) is 43.2 Å². The number of carbonyl (C=O) groups excluding carboxylic acids is 2. The fraction of sp³-hybridized carbons (Fsp3) is 0.379. The summed E-state index contributed by atoms with van der Waals surface area (Å²) in [5.74, 6) is -0.00714. The molecule has 0 atom stereocenters. The molecular weight excluding hydrogens is 454 g/mol. The van der Waals surface area contributed by atoms with Gasteiger partial charge in [0.25, 0.3) is 0 Å². The molecule has 1 aliphatic heterocycles. The van der Waals surface area contributed by atoms with Gasteiger partial charge in [0.15, 0.2) is 5.78 Å². The van der Waals surface area contributed by atoms with Gasteiger partial charge >= 0.3 is 0 Å². The second kappa shape index (κ2) is 10.9. The van der Waals surface area contributed by atoms with Crippen molar-refractivity contribution < 1.29 is 9.59 Å². The fourth-order valence-electron chi connectivity index (χ4n) is 5.06. The topological polar surface area (TPSA) is 52.7 Å². The van der Waals surface area contributed by atoms with E-state index in [2.05, 4.69) is 39.4 Å². The lowest BCUT2D eigenvalue weighted by molar-refractivity contribution is -0.117. The van der Waals surface area contributed by atoms with Crippen molar-refractivity contribution in [3.05, 3.63) is 87.3 Å². The third-order valence-corrected chi connectivity index (χ3v) is 8.25. The fourth-order valence-corrected chi connectivity index (χ4v) is 6.36. The van der Waals surface area contributed by atoms with Gasteiger partial charge in [-0.1, -0.05) is 60.2 Å². The molecule has 1 aromatic heterocycles. The first kappa shape index (κ1) is 23.9. The summed E-state index contributed by atoms with van der Waals surface area (Å²) in [4.78, 5) is 32.5. The van der Waals surface area contributed by atoms with E-state index in [0.717, 1.165) is 80.1 Å². The molecule has 5 rings (SSSR count). The monoisotopic (exact) mass is 487 g/mol. The smallest absolute Gasteiger partial charge is 0.239 e. The Bertz CT molecular complexity index is 1180. The number of ketones is 1. The number of aryl methyl sites for hydroxylation is 2. The zero-order valence-corrected chi connectivity index (χ0v) is 21.2. The van der Waals surface area contributed by atoms with Crippen LogP contribution in [0.2, 0.25) is 0 Å². The zero-order valence-electron chi connectivity index (χ0n) is 20.4. The Morgan fingerprint density at radius 3 is 2.31 bits per heavy atom. The van der Waals surface area contributed by atoms with Crippen LogP contribution in [0.3, 0.4) is 0 Å². The third-order valence-electron chi connectivity index (χ3n) is 7.05. The average molecular weight is 488 g/mol. The number of nitrogens with zero attached hydrogens (tertiary/aromatic N) is 2. The largest absolute Gasteiger partial charge is 0.316 e. The van der Waals surface area contributed by atoms with Gasteiger partial charge in [0.2, 0.25) is 5.91 Å². The van der Waals surface area contributed by atoms with Crippen LogP contribution < -0.4 is 5.32 Å². The zero-order chi connectivity index (χ0) is 24.2. The lowest BCUT2D eigenvalue weighted by Gasteiger charge is -2.34. The van der Waals surface area contributed by atoms with Crippen molar-refractivity contribution in [3.8, 4) is 0 Å². The number of rotatable bonds is 7. The molecule has 1 aliphatic carbocycles. The maximum absolute atomic E-state index is 13.5. The van der Waals surface area contributed by atoms with E-state index in [1.165, 1.54) is 10.4 Å². The van der Waals surface area contributed by atoms with Crippen molar-refractivity contribution in [2.24, 2.45) is 0 Å². The van der Waals surface area contributed by atoms with Gasteiger partial charge in [-0.05, 0) is 43.7 Å². The number of thiophene rings is 1. The first-order valence-electron chi connectivity index (χ1n) is 12.6. The maximum atomic E-state index is 13.5. The molecule has 3 aromatic rings. The van der Waals surface area contributed by atoms with Gasteiger partial charge in [0.1, 0.15) is 5.00 Å². The molecule has 5 nitrogen and oxygen atoms in total. The number of piperazine rings is 1. The summed E-state index contributed by atoms with van der Waals surface area (Å²) in [5.41, 5.74) is 5.01. The Morgan fingerprint density at radius 2 is 1.57 bits per heavy atom. The van der Waals surface area contributed by atoms with Gasteiger partial charge < -0.3 is 5.32 Å². The number of hydrogen-bond acceptors (Lipinski definition) is 5. The van der Waals surface area contributed by atoms with Crippen LogP contribution in [0.5, 0.6) is 0 Å². The summed E-state index contributed by atoms with van der Waals surface area (Å²) in [6.45, 7) is 6.98. The summed E-state index contributed by atoms with van der Waals surface area (Å²) >= 11 is 1.60. The van der Waals surface area contributed by atoms with Crippen molar-refractivity contribution in [1.82, 2.24) is 9.80 Å². The van der Waals surface area contributed by atoms with Crippen molar-refractivity contribution >= 4 is 28.0 Å². The number of benzene rings is 2. The number of fused-ring (bicyclic) bond motifs is 1. The summed E-state index contributed by atoms with van der Waals surface area (Å²) in [7, 11) is 0. The van der Waals surface area contributed by atoms with E-state index in [-0.39, 0.29) is 11.7 Å². The van der Waals surface area contributed by atoms with Crippen LogP contribution in [-0.4, -0.2) is 54.2 Å². The summed E-state index contributed by atoms with van der Waals surface area (Å²) < 4.78 is 0. The second-order valence-electron chi connectivity index (χ2n) is 9.70.